The molecule has 0 radical (unpaired) electrons. The predicted octanol–water partition coefficient (Wildman–Crippen LogP) is 1.80. The minimum atomic E-state index is 0.0762. The van der Waals surface area contributed by atoms with Crippen LogP contribution >= 0.6 is 0 Å². The Labute approximate surface area is 96.8 Å². The summed E-state index contributed by atoms with van der Waals surface area (Å²) in [4.78, 5) is 0. The number of ether oxygens (including phenoxy) is 1. The zero-order valence-electron chi connectivity index (χ0n) is 10.3. The van der Waals surface area contributed by atoms with Crippen molar-refractivity contribution in [3.05, 3.63) is 12.4 Å². The Morgan fingerprint density at radius 1 is 1.62 bits per heavy atom. The average molecular weight is 223 g/mol. The van der Waals surface area contributed by atoms with E-state index in [1.807, 2.05) is 10.9 Å². The van der Waals surface area contributed by atoms with E-state index in [9.17, 15) is 0 Å². The molecule has 0 amide bonds. The number of nitrogens with two attached hydrogens (primary N) is 1. The lowest BCUT2D eigenvalue weighted by molar-refractivity contribution is -0.0400. The van der Waals surface area contributed by atoms with Gasteiger partial charge in [0.1, 0.15) is 6.10 Å². The SMILES string of the molecule is CCCn1cc(OC2CC(N)C2(C)C)cn1. The van der Waals surface area contributed by atoms with Crippen molar-refractivity contribution < 1.29 is 4.74 Å². The molecule has 0 spiro atoms. The molecule has 1 aromatic heterocycles. The lowest BCUT2D eigenvalue weighted by Gasteiger charge is -2.49. The largest absolute Gasteiger partial charge is 0.486 e. The molecular weight excluding hydrogens is 202 g/mol. The van der Waals surface area contributed by atoms with Crippen molar-refractivity contribution >= 4 is 0 Å². The molecule has 2 N–H and O–H groups in total. The highest BCUT2D eigenvalue weighted by Crippen LogP contribution is 2.41. The van der Waals surface area contributed by atoms with Gasteiger partial charge in [-0.05, 0) is 6.42 Å². The molecule has 1 aromatic rings. The number of aryl methyl sites for hydroxylation is 1. The maximum absolute atomic E-state index is 5.95. The van der Waals surface area contributed by atoms with E-state index in [4.69, 9.17) is 10.5 Å². The van der Waals surface area contributed by atoms with Gasteiger partial charge in [-0.2, -0.15) is 5.10 Å². The van der Waals surface area contributed by atoms with Crippen LogP contribution in [-0.2, 0) is 6.54 Å². The summed E-state index contributed by atoms with van der Waals surface area (Å²) in [6.45, 7) is 7.39. The number of nitrogens with zero attached hydrogens (tertiary/aromatic N) is 2. The standard InChI is InChI=1S/C12H21N3O/c1-4-5-15-8-9(7-14-15)16-11-6-10(13)12(11,2)3/h7-8,10-11H,4-6,13H2,1-3H3. The monoisotopic (exact) mass is 223 g/mol. The molecule has 0 aromatic carbocycles. The first-order valence-electron chi connectivity index (χ1n) is 5.98. The van der Waals surface area contributed by atoms with Crippen LogP contribution in [0, 0.1) is 5.41 Å². The summed E-state index contributed by atoms with van der Waals surface area (Å²) < 4.78 is 7.82. The molecule has 0 aliphatic heterocycles. The van der Waals surface area contributed by atoms with Gasteiger partial charge in [0.15, 0.2) is 5.75 Å². The van der Waals surface area contributed by atoms with Gasteiger partial charge in [-0.3, -0.25) is 4.68 Å². The van der Waals surface area contributed by atoms with E-state index >= 15 is 0 Å². The van der Waals surface area contributed by atoms with Gasteiger partial charge in [-0.15, -0.1) is 0 Å². The molecule has 2 unspecified atom stereocenters. The molecule has 1 fully saturated rings. The molecule has 4 heteroatoms. The van der Waals surface area contributed by atoms with Crippen LogP contribution in [-0.4, -0.2) is 21.9 Å². The molecule has 1 heterocycles. The van der Waals surface area contributed by atoms with Gasteiger partial charge in [0.25, 0.3) is 0 Å². The van der Waals surface area contributed by atoms with Gasteiger partial charge in [0.05, 0.1) is 12.4 Å². The maximum atomic E-state index is 5.95. The molecule has 2 rings (SSSR count). The molecular formula is C12H21N3O. The van der Waals surface area contributed by atoms with Gasteiger partial charge in [0.2, 0.25) is 0 Å². The minimum Gasteiger partial charge on any atom is -0.486 e. The third kappa shape index (κ3) is 1.94. The minimum absolute atomic E-state index is 0.0762. The van der Waals surface area contributed by atoms with Crippen molar-refractivity contribution in [3.63, 3.8) is 0 Å². The molecule has 1 aliphatic rings. The molecule has 16 heavy (non-hydrogen) atoms. The van der Waals surface area contributed by atoms with E-state index in [1.54, 1.807) is 6.20 Å². The first-order valence-corrected chi connectivity index (χ1v) is 5.98. The highest BCUT2D eigenvalue weighted by Gasteiger charge is 2.48. The van der Waals surface area contributed by atoms with Crippen LogP contribution in [0.1, 0.15) is 33.6 Å². The van der Waals surface area contributed by atoms with E-state index in [2.05, 4.69) is 25.9 Å². The van der Waals surface area contributed by atoms with Crippen LogP contribution in [0.5, 0.6) is 5.75 Å². The zero-order chi connectivity index (χ0) is 11.8. The Bertz CT molecular complexity index is 359. The van der Waals surface area contributed by atoms with Gasteiger partial charge < -0.3 is 10.5 Å². The molecule has 4 nitrogen and oxygen atoms in total. The first-order chi connectivity index (χ1) is 7.54. The number of rotatable bonds is 4. The van der Waals surface area contributed by atoms with Crippen molar-refractivity contribution in [3.8, 4) is 5.75 Å². The van der Waals surface area contributed by atoms with Crippen LogP contribution in [0.3, 0.4) is 0 Å². The van der Waals surface area contributed by atoms with Crippen molar-refractivity contribution in [1.29, 1.82) is 0 Å². The Balaban J connectivity index is 1.94. The maximum Gasteiger partial charge on any atom is 0.157 e. The quantitative estimate of drug-likeness (QED) is 0.846. The lowest BCUT2D eigenvalue weighted by atomic mass is 9.65. The van der Waals surface area contributed by atoms with E-state index < -0.39 is 0 Å². The van der Waals surface area contributed by atoms with Gasteiger partial charge >= 0.3 is 0 Å². The summed E-state index contributed by atoms with van der Waals surface area (Å²) >= 11 is 0. The second-order valence-corrected chi connectivity index (χ2v) is 5.21. The Hall–Kier alpha value is -1.03. The normalized spacial score (nSPS) is 27.5. The van der Waals surface area contributed by atoms with Crippen molar-refractivity contribution in [1.82, 2.24) is 9.78 Å². The molecule has 2 atom stereocenters. The first kappa shape index (κ1) is 11.5. The average Bonchev–Trinajstić information content (AvgIpc) is 2.66. The highest BCUT2D eigenvalue weighted by atomic mass is 16.5. The summed E-state index contributed by atoms with van der Waals surface area (Å²) in [5, 5.41) is 4.24. The fourth-order valence-corrected chi connectivity index (χ4v) is 2.04. The second kappa shape index (κ2) is 4.09. The van der Waals surface area contributed by atoms with Crippen molar-refractivity contribution in [2.75, 3.05) is 0 Å². The molecule has 1 saturated carbocycles. The fourth-order valence-electron chi connectivity index (χ4n) is 2.04. The number of aromatic nitrogens is 2. The van der Waals surface area contributed by atoms with Crippen LogP contribution < -0.4 is 10.5 Å². The van der Waals surface area contributed by atoms with Crippen LogP contribution in [0.4, 0.5) is 0 Å². The predicted molar refractivity (Wildman–Crippen MR) is 63.3 cm³/mol. The Kier molecular flexibility index (Phi) is 2.93. The van der Waals surface area contributed by atoms with Crippen molar-refractivity contribution in [2.24, 2.45) is 11.1 Å². The highest BCUT2D eigenvalue weighted by molar-refractivity contribution is 5.15. The Morgan fingerprint density at radius 2 is 2.38 bits per heavy atom. The van der Waals surface area contributed by atoms with E-state index in [0.717, 1.165) is 25.1 Å². The second-order valence-electron chi connectivity index (χ2n) is 5.21. The number of hydrogen-bond donors (Lipinski definition) is 1. The van der Waals surface area contributed by atoms with Crippen LogP contribution in [0.15, 0.2) is 12.4 Å². The molecule has 0 saturated heterocycles. The topological polar surface area (TPSA) is 53.1 Å². The summed E-state index contributed by atoms with van der Waals surface area (Å²) in [5.74, 6) is 0.860. The van der Waals surface area contributed by atoms with E-state index in [0.29, 0.717) is 0 Å². The van der Waals surface area contributed by atoms with Gasteiger partial charge in [-0.1, -0.05) is 20.8 Å². The summed E-state index contributed by atoms with van der Waals surface area (Å²) in [5.41, 5.74) is 6.03. The summed E-state index contributed by atoms with van der Waals surface area (Å²) in [7, 11) is 0. The zero-order valence-corrected chi connectivity index (χ0v) is 10.3. The lowest BCUT2D eigenvalue weighted by Crippen LogP contribution is -2.60. The van der Waals surface area contributed by atoms with Crippen LogP contribution in [0.2, 0.25) is 0 Å². The van der Waals surface area contributed by atoms with Gasteiger partial charge in [0, 0.05) is 24.4 Å². The molecule has 90 valence electrons. The number of hydrogen-bond acceptors (Lipinski definition) is 3. The van der Waals surface area contributed by atoms with Crippen LogP contribution in [0.25, 0.3) is 0 Å². The summed E-state index contributed by atoms with van der Waals surface area (Å²) in [6.07, 6.45) is 5.99. The van der Waals surface area contributed by atoms with Crippen molar-refractivity contribution in [2.45, 2.75) is 52.3 Å². The summed E-state index contributed by atoms with van der Waals surface area (Å²) in [6, 6.07) is 0.253. The fraction of sp³-hybridized carbons (Fsp3) is 0.750. The van der Waals surface area contributed by atoms with E-state index in [-0.39, 0.29) is 17.6 Å². The van der Waals surface area contributed by atoms with E-state index in [1.165, 1.54) is 0 Å². The van der Waals surface area contributed by atoms with Gasteiger partial charge in [-0.25, -0.2) is 0 Å². The molecule has 0 bridgehead atoms. The Morgan fingerprint density at radius 3 is 2.94 bits per heavy atom. The smallest absolute Gasteiger partial charge is 0.157 e. The third-order valence-corrected chi connectivity index (χ3v) is 3.59. The molecule has 1 aliphatic carbocycles. The third-order valence-electron chi connectivity index (χ3n) is 3.59.